The van der Waals surface area contributed by atoms with Gasteiger partial charge < -0.3 is 5.73 Å². The molecular formula is C15H21N3. The normalized spacial score (nSPS) is 10.9. The van der Waals surface area contributed by atoms with Crippen LogP contribution in [-0.2, 0) is 6.42 Å². The van der Waals surface area contributed by atoms with E-state index in [4.69, 9.17) is 5.73 Å². The first-order chi connectivity index (χ1) is 8.54. The molecule has 0 aliphatic rings. The Morgan fingerprint density at radius 2 is 1.72 bits per heavy atom. The molecule has 1 aromatic carbocycles. The van der Waals surface area contributed by atoms with Crippen LogP contribution in [-0.4, -0.2) is 16.7 Å². The Morgan fingerprint density at radius 1 is 1.06 bits per heavy atom. The highest BCUT2D eigenvalue weighted by Crippen LogP contribution is 2.30. The van der Waals surface area contributed by atoms with E-state index in [1.807, 2.05) is 0 Å². The average molecular weight is 243 g/mol. The third kappa shape index (κ3) is 2.18. The summed E-state index contributed by atoms with van der Waals surface area (Å²) in [5, 5.41) is 7.45. The Bertz CT molecular complexity index is 567. The summed E-state index contributed by atoms with van der Waals surface area (Å²) in [6, 6.07) is 4.49. The molecule has 0 fully saturated rings. The van der Waals surface area contributed by atoms with Crippen LogP contribution in [0.2, 0.25) is 0 Å². The lowest BCUT2D eigenvalue weighted by Gasteiger charge is -2.11. The van der Waals surface area contributed by atoms with Crippen LogP contribution in [0.1, 0.15) is 28.1 Å². The maximum atomic E-state index is 5.65. The Morgan fingerprint density at radius 3 is 2.39 bits per heavy atom. The predicted molar refractivity (Wildman–Crippen MR) is 75.7 cm³/mol. The lowest BCUT2D eigenvalue weighted by molar-refractivity contribution is 0.898. The van der Waals surface area contributed by atoms with Gasteiger partial charge in [-0.05, 0) is 56.5 Å². The smallest absolute Gasteiger partial charge is 0.0715 e. The van der Waals surface area contributed by atoms with Crippen LogP contribution < -0.4 is 5.73 Å². The number of nitrogens with zero attached hydrogens (tertiary/aromatic N) is 1. The van der Waals surface area contributed by atoms with Gasteiger partial charge in [-0.2, -0.15) is 5.10 Å². The van der Waals surface area contributed by atoms with Gasteiger partial charge in [0.25, 0.3) is 0 Å². The van der Waals surface area contributed by atoms with E-state index < -0.39 is 0 Å². The van der Waals surface area contributed by atoms with Gasteiger partial charge in [-0.1, -0.05) is 12.1 Å². The summed E-state index contributed by atoms with van der Waals surface area (Å²) in [6.45, 7) is 9.14. The van der Waals surface area contributed by atoms with Crippen LogP contribution in [0.4, 0.5) is 0 Å². The molecule has 1 aromatic heterocycles. The first kappa shape index (κ1) is 12.8. The van der Waals surface area contributed by atoms with Crippen molar-refractivity contribution in [2.45, 2.75) is 34.1 Å². The molecule has 0 spiro atoms. The minimum Gasteiger partial charge on any atom is -0.330 e. The Labute approximate surface area is 108 Å². The van der Waals surface area contributed by atoms with Crippen molar-refractivity contribution in [3.8, 4) is 11.1 Å². The molecule has 18 heavy (non-hydrogen) atoms. The monoisotopic (exact) mass is 243 g/mol. The topological polar surface area (TPSA) is 54.7 Å². The fourth-order valence-electron chi connectivity index (χ4n) is 2.38. The largest absolute Gasteiger partial charge is 0.330 e. The van der Waals surface area contributed by atoms with Crippen LogP contribution in [0, 0.1) is 27.7 Å². The number of benzene rings is 1. The summed E-state index contributed by atoms with van der Waals surface area (Å²) in [7, 11) is 0. The second-order valence-electron chi connectivity index (χ2n) is 4.96. The number of aryl methyl sites for hydroxylation is 4. The molecule has 0 unspecified atom stereocenters. The van der Waals surface area contributed by atoms with E-state index in [1.54, 1.807) is 0 Å². The number of nitrogens with two attached hydrogens (primary N) is 1. The van der Waals surface area contributed by atoms with E-state index in [0.717, 1.165) is 17.8 Å². The van der Waals surface area contributed by atoms with Crippen molar-refractivity contribution < 1.29 is 0 Å². The van der Waals surface area contributed by atoms with Gasteiger partial charge in [0.15, 0.2) is 0 Å². The van der Waals surface area contributed by atoms with Crippen LogP contribution >= 0.6 is 0 Å². The zero-order chi connectivity index (χ0) is 13.3. The molecule has 0 saturated heterocycles. The number of nitrogens with one attached hydrogen (secondary N) is 1. The summed E-state index contributed by atoms with van der Waals surface area (Å²) in [6.07, 6.45) is 0.812. The summed E-state index contributed by atoms with van der Waals surface area (Å²) in [4.78, 5) is 0. The van der Waals surface area contributed by atoms with Crippen LogP contribution in [0.5, 0.6) is 0 Å². The molecule has 0 amide bonds. The molecule has 0 aliphatic heterocycles. The maximum Gasteiger partial charge on any atom is 0.0715 e. The molecule has 3 heteroatoms. The van der Waals surface area contributed by atoms with Gasteiger partial charge >= 0.3 is 0 Å². The molecule has 2 rings (SSSR count). The Hall–Kier alpha value is -1.61. The molecule has 96 valence electrons. The maximum absolute atomic E-state index is 5.65. The molecule has 0 aliphatic carbocycles. The lowest BCUT2D eigenvalue weighted by atomic mass is 9.93. The molecule has 1 heterocycles. The molecule has 0 radical (unpaired) electrons. The van der Waals surface area contributed by atoms with Gasteiger partial charge in [-0.3, -0.25) is 5.10 Å². The van der Waals surface area contributed by atoms with E-state index in [-0.39, 0.29) is 0 Å². The minimum absolute atomic E-state index is 0.626. The highest BCUT2D eigenvalue weighted by Gasteiger charge is 2.14. The zero-order valence-corrected chi connectivity index (χ0v) is 11.6. The van der Waals surface area contributed by atoms with Crippen molar-refractivity contribution in [3.63, 3.8) is 0 Å². The third-order valence-electron chi connectivity index (χ3n) is 3.51. The highest BCUT2D eigenvalue weighted by molar-refractivity contribution is 5.72. The quantitative estimate of drug-likeness (QED) is 0.871. The van der Waals surface area contributed by atoms with Gasteiger partial charge in [-0.15, -0.1) is 0 Å². The number of H-pyrrole nitrogens is 1. The summed E-state index contributed by atoms with van der Waals surface area (Å²) < 4.78 is 0. The standard InChI is InChI=1S/C15H21N3/c1-9-7-11(3)13(8-10(9)2)15-12(4)17-18-14(15)5-6-16/h7-8H,5-6,16H2,1-4H3,(H,17,18). The number of hydrogen-bond acceptors (Lipinski definition) is 2. The van der Waals surface area contributed by atoms with E-state index in [1.165, 1.54) is 27.8 Å². The first-order valence-electron chi connectivity index (χ1n) is 6.36. The second-order valence-corrected chi connectivity index (χ2v) is 4.96. The molecule has 3 nitrogen and oxygen atoms in total. The highest BCUT2D eigenvalue weighted by atomic mass is 15.1. The first-order valence-corrected chi connectivity index (χ1v) is 6.36. The van der Waals surface area contributed by atoms with Gasteiger partial charge in [0.2, 0.25) is 0 Å². The fourth-order valence-corrected chi connectivity index (χ4v) is 2.38. The van der Waals surface area contributed by atoms with Gasteiger partial charge in [-0.25, -0.2) is 0 Å². The average Bonchev–Trinajstić information content (AvgIpc) is 2.66. The number of hydrogen-bond donors (Lipinski definition) is 2. The van der Waals surface area contributed by atoms with Crippen molar-refractivity contribution in [3.05, 3.63) is 40.2 Å². The van der Waals surface area contributed by atoms with Crippen LogP contribution in [0.3, 0.4) is 0 Å². The van der Waals surface area contributed by atoms with Crippen molar-refractivity contribution in [1.29, 1.82) is 0 Å². The molecular weight excluding hydrogens is 222 g/mol. The second kappa shape index (κ2) is 4.94. The van der Waals surface area contributed by atoms with Crippen LogP contribution in [0.25, 0.3) is 11.1 Å². The van der Waals surface area contributed by atoms with E-state index in [0.29, 0.717) is 6.54 Å². The molecule has 0 saturated carbocycles. The summed E-state index contributed by atoms with van der Waals surface area (Å²) in [5.41, 5.74) is 14.3. The Kier molecular flexibility index (Phi) is 3.53. The Balaban J connectivity index is 2.61. The van der Waals surface area contributed by atoms with E-state index in [9.17, 15) is 0 Å². The summed E-state index contributed by atoms with van der Waals surface area (Å²) in [5.74, 6) is 0. The SMILES string of the molecule is Cc1cc(C)c(-c2c(CCN)n[nH]c2C)cc1C. The van der Waals surface area contributed by atoms with Crippen molar-refractivity contribution >= 4 is 0 Å². The fraction of sp³-hybridized carbons (Fsp3) is 0.400. The zero-order valence-electron chi connectivity index (χ0n) is 11.6. The van der Waals surface area contributed by atoms with Gasteiger partial charge in [0.1, 0.15) is 0 Å². The third-order valence-corrected chi connectivity index (χ3v) is 3.51. The van der Waals surface area contributed by atoms with Crippen molar-refractivity contribution in [2.24, 2.45) is 5.73 Å². The minimum atomic E-state index is 0.626. The number of aromatic amines is 1. The van der Waals surface area contributed by atoms with Crippen LogP contribution in [0.15, 0.2) is 12.1 Å². The lowest BCUT2D eigenvalue weighted by Crippen LogP contribution is -2.04. The summed E-state index contributed by atoms with van der Waals surface area (Å²) >= 11 is 0. The number of aromatic nitrogens is 2. The molecule has 2 aromatic rings. The molecule has 0 bridgehead atoms. The molecule has 3 N–H and O–H groups in total. The van der Waals surface area contributed by atoms with Crippen molar-refractivity contribution in [2.75, 3.05) is 6.54 Å². The predicted octanol–water partition coefficient (Wildman–Crippen LogP) is 2.81. The van der Waals surface area contributed by atoms with Gasteiger partial charge in [0.05, 0.1) is 5.69 Å². The van der Waals surface area contributed by atoms with E-state index >= 15 is 0 Å². The number of rotatable bonds is 3. The van der Waals surface area contributed by atoms with Gasteiger partial charge in [0, 0.05) is 17.7 Å². The molecule has 0 atom stereocenters. The van der Waals surface area contributed by atoms with E-state index in [2.05, 4.69) is 50.0 Å². The van der Waals surface area contributed by atoms with Crippen molar-refractivity contribution in [1.82, 2.24) is 10.2 Å².